The standard InChI is InChI=1S/C27H33N5OS/c1-20(26(33)28-24-14-13-22-11-8-12-23(22)17-24)34-27-30-29-25(19-31-15-6-3-7-16-31)32(27)18-21-9-4-2-5-10-21/h2,4-5,9-10,13-14,17,20H,3,6-8,11-12,15-16,18-19H2,1H3,(H,28,33). The van der Waals surface area contributed by atoms with Crippen molar-refractivity contribution in [3.63, 3.8) is 0 Å². The molecule has 1 aliphatic carbocycles. The van der Waals surface area contributed by atoms with Crippen molar-refractivity contribution in [1.82, 2.24) is 19.7 Å². The summed E-state index contributed by atoms with van der Waals surface area (Å²) in [4.78, 5) is 15.5. The molecule has 1 aromatic heterocycles. The maximum Gasteiger partial charge on any atom is 0.237 e. The molecule has 5 rings (SSSR count). The zero-order valence-corrected chi connectivity index (χ0v) is 20.7. The van der Waals surface area contributed by atoms with Crippen molar-refractivity contribution in [1.29, 1.82) is 0 Å². The van der Waals surface area contributed by atoms with Crippen LogP contribution in [0.4, 0.5) is 5.69 Å². The molecule has 2 aromatic carbocycles. The lowest BCUT2D eigenvalue weighted by Crippen LogP contribution is -2.30. The molecule has 2 aliphatic rings. The first-order chi connectivity index (χ1) is 16.7. The summed E-state index contributed by atoms with van der Waals surface area (Å²) in [6.45, 7) is 5.67. The second kappa shape index (κ2) is 10.7. The van der Waals surface area contributed by atoms with Gasteiger partial charge in [-0.3, -0.25) is 9.69 Å². The van der Waals surface area contributed by atoms with Crippen LogP contribution in [0.5, 0.6) is 0 Å². The van der Waals surface area contributed by atoms with Gasteiger partial charge in [-0.2, -0.15) is 0 Å². The van der Waals surface area contributed by atoms with Crippen molar-refractivity contribution in [3.8, 4) is 0 Å². The minimum atomic E-state index is -0.283. The van der Waals surface area contributed by atoms with Gasteiger partial charge in [0.25, 0.3) is 0 Å². The average Bonchev–Trinajstić information content (AvgIpc) is 3.47. The molecular weight excluding hydrogens is 442 g/mol. The van der Waals surface area contributed by atoms with Crippen molar-refractivity contribution in [3.05, 3.63) is 71.0 Å². The van der Waals surface area contributed by atoms with Gasteiger partial charge in [0.2, 0.25) is 5.91 Å². The number of hydrogen-bond acceptors (Lipinski definition) is 5. The van der Waals surface area contributed by atoms with E-state index in [1.807, 2.05) is 19.1 Å². The summed E-state index contributed by atoms with van der Waals surface area (Å²) in [6.07, 6.45) is 7.25. The zero-order chi connectivity index (χ0) is 23.3. The Morgan fingerprint density at radius 3 is 2.59 bits per heavy atom. The summed E-state index contributed by atoms with van der Waals surface area (Å²) in [7, 11) is 0. The number of benzene rings is 2. The number of nitrogens with one attached hydrogen (secondary N) is 1. The summed E-state index contributed by atoms with van der Waals surface area (Å²) < 4.78 is 2.19. The molecule has 178 valence electrons. The second-order valence-electron chi connectivity index (χ2n) is 9.39. The third-order valence-corrected chi connectivity index (χ3v) is 7.89. The molecule has 1 saturated heterocycles. The van der Waals surface area contributed by atoms with E-state index in [0.717, 1.165) is 49.1 Å². The number of piperidine rings is 1. The number of aromatic nitrogens is 3. The Labute approximate surface area is 206 Å². The SMILES string of the molecule is CC(Sc1nnc(CN2CCCCC2)n1Cc1ccccc1)C(=O)Nc1ccc2c(c1)CCC2. The largest absolute Gasteiger partial charge is 0.325 e. The number of nitrogens with zero attached hydrogens (tertiary/aromatic N) is 4. The molecule has 0 spiro atoms. The monoisotopic (exact) mass is 475 g/mol. The molecule has 0 saturated carbocycles. The van der Waals surface area contributed by atoms with Gasteiger partial charge in [0, 0.05) is 5.69 Å². The fraction of sp³-hybridized carbons (Fsp3) is 0.444. The summed E-state index contributed by atoms with van der Waals surface area (Å²) in [5, 5.41) is 12.7. The quantitative estimate of drug-likeness (QED) is 0.469. The van der Waals surface area contributed by atoms with Crippen molar-refractivity contribution in [2.24, 2.45) is 0 Å². The van der Waals surface area contributed by atoms with E-state index in [1.54, 1.807) is 0 Å². The molecule has 0 radical (unpaired) electrons. The van der Waals surface area contributed by atoms with E-state index in [9.17, 15) is 4.79 Å². The second-order valence-corrected chi connectivity index (χ2v) is 10.7. The zero-order valence-electron chi connectivity index (χ0n) is 19.9. The van der Waals surface area contributed by atoms with Gasteiger partial charge in [0.05, 0.1) is 18.3 Å². The predicted molar refractivity (Wildman–Crippen MR) is 137 cm³/mol. The summed E-state index contributed by atoms with van der Waals surface area (Å²) >= 11 is 1.48. The molecule has 3 aromatic rings. The number of amides is 1. The van der Waals surface area contributed by atoms with Gasteiger partial charge in [-0.05, 0) is 80.9 Å². The van der Waals surface area contributed by atoms with Crippen LogP contribution in [-0.4, -0.2) is 43.9 Å². The van der Waals surface area contributed by atoms with Gasteiger partial charge >= 0.3 is 0 Å². The number of thioether (sulfide) groups is 1. The van der Waals surface area contributed by atoms with Gasteiger partial charge in [-0.1, -0.05) is 54.6 Å². The van der Waals surface area contributed by atoms with E-state index >= 15 is 0 Å². The van der Waals surface area contributed by atoms with Crippen molar-refractivity contribution in [2.45, 2.75) is 68.9 Å². The molecule has 1 N–H and O–H groups in total. The van der Waals surface area contributed by atoms with Gasteiger partial charge in [0.15, 0.2) is 5.16 Å². The highest BCUT2D eigenvalue weighted by Crippen LogP contribution is 2.28. The van der Waals surface area contributed by atoms with E-state index in [-0.39, 0.29) is 11.2 Å². The fourth-order valence-electron chi connectivity index (χ4n) is 4.87. The molecule has 1 fully saturated rings. The van der Waals surface area contributed by atoms with Crippen LogP contribution in [0.3, 0.4) is 0 Å². The molecular formula is C27H33N5OS. The smallest absolute Gasteiger partial charge is 0.237 e. The summed E-state index contributed by atoms with van der Waals surface area (Å²) in [5.74, 6) is 0.967. The maximum atomic E-state index is 13.0. The lowest BCUT2D eigenvalue weighted by atomic mass is 10.1. The topological polar surface area (TPSA) is 63.1 Å². The van der Waals surface area contributed by atoms with E-state index in [2.05, 4.69) is 61.4 Å². The first kappa shape index (κ1) is 23.1. The number of carbonyl (C=O) groups is 1. The fourth-order valence-corrected chi connectivity index (χ4v) is 5.74. The summed E-state index contributed by atoms with van der Waals surface area (Å²) in [5.41, 5.74) is 4.87. The number of fused-ring (bicyclic) bond motifs is 1. The number of aryl methyl sites for hydroxylation is 2. The lowest BCUT2D eigenvalue weighted by Gasteiger charge is -2.26. The van der Waals surface area contributed by atoms with E-state index in [4.69, 9.17) is 0 Å². The van der Waals surface area contributed by atoms with Crippen LogP contribution in [0.25, 0.3) is 0 Å². The predicted octanol–water partition coefficient (Wildman–Crippen LogP) is 4.92. The highest BCUT2D eigenvalue weighted by molar-refractivity contribution is 8.00. The number of hydrogen-bond donors (Lipinski definition) is 1. The van der Waals surface area contributed by atoms with Crippen LogP contribution in [0, 0.1) is 0 Å². The average molecular weight is 476 g/mol. The minimum absolute atomic E-state index is 0.00483. The Bertz CT molecular complexity index is 1120. The van der Waals surface area contributed by atoms with E-state index < -0.39 is 0 Å². The first-order valence-electron chi connectivity index (χ1n) is 12.4. The highest BCUT2D eigenvalue weighted by Gasteiger charge is 2.22. The normalized spacial score (nSPS) is 16.9. The van der Waals surface area contributed by atoms with Gasteiger partial charge < -0.3 is 9.88 Å². The highest BCUT2D eigenvalue weighted by atomic mass is 32.2. The molecule has 1 atom stereocenters. The number of rotatable bonds is 8. The van der Waals surface area contributed by atoms with Crippen molar-refractivity contribution in [2.75, 3.05) is 18.4 Å². The number of likely N-dealkylation sites (tertiary alicyclic amines) is 1. The Morgan fingerprint density at radius 1 is 0.971 bits per heavy atom. The molecule has 7 heteroatoms. The molecule has 34 heavy (non-hydrogen) atoms. The van der Waals surface area contributed by atoms with Crippen LogP contribution in [0.2, 0.25) is 0 Å². The van der Waals surface area contributed by atoms with Gasteiger partial charge in [-0.15, -0.1) is 10.2 Å². The molecule has 1 amide bonds. The van der Waals surface area contributed by atoms with Crippen LogP contribution >= 0.6 is 11.8 Å². The third kappa shape index (κ3) is 5.53. The van der Waals surface area contributed by atoms with Crippen LogP contribution in [0.1, 0.15) is 55.1 Å². The molecule has 2 heterocycles. The number of carbonyl (C=O) groups excluding carboxylic acids is 1. The third-order valence-electron chi connectivity index (χ3n) is 6.81. The van der Waals surface area contributed by atoms with Crippen LogP contribution < -0.4 is 5.32 Å². The molecule has 0 bridgehead atoms. The molecule has 1 unspecified atom stereocenters. The Kier molecular flexibility index (Phi) is 7.30. The molecule has 1 aliphatic heterocycles. The molecule has 6 nitrogen and oxygen atoms in total. The van der Waals surface area contributed by atoms with Crippen LogP contribution in [0.15, 0.2) is 53.7 Å². The van der Waals surface area contributed by atoms with Crippen molar-refractivity contribution >= 4 is 23.4 Å². The number of anilines is 1. The van der Waals surface area contributed by atoms with Crippen LogP contribution in [-0.2, 0) is 30.7 Å². The Balaban J connectivity index is 1.30. The van der Waals surface area contributed by atoms with Gasteiger partial charge in [-0.25, -0.2) is 0 Å². The maximum absolute atomic E-state index is 13.0. The summed E-state index contributed by atoms with van der Waals surface area (Å²) in [6, 6.07) is 16.7. The lowest BCUT2D eigenvalue weighted by molar-refractivity contribution is -0.115. The van der Waals surface area contributed by atoms with E-state index in [1.165, 1.54) is 54.1 Å². The van der Waals surface area contributed by atoms with Gasteiger partial charge in [0.1, 0.15) is 5.82 Å². The Morgan fingerprint density at radius 2 is 1.76 bits per heavy atom. The minimum Gasteiger partial charge on any atom is -0.325 e. The Hall–Kier alpha value is -2.64. The van der Waals surface area contributed by atoms with E-state index in [0.29, 0.717) is 6.54 Å². The van der Waals surface area contributed by atoms with Crippen molar-refractivity contribution < 1.29 is 4.79 Å². The first-order valence-corrected chi connectivity index (χ1v) is 13.3.